The van der Waals surface area contributed by atoms with Crippen LogP contribution in [0.25, 0.3) is 0 Å². The summed E-state index contributed by atoms with van der Waals surface area (Å²) in [6.07, 6.45) is 11.9. The zero-order chi connectivity index (χ0) is 15.9. The average Bonchev–Trinajstić information content (AvgIpc) is 2.62. The van der Waals surface area contributed by atoms with Crippen LogP contribution in [0.5, 0.6) is 5.75 Å². The van der Waals surface area contributed by atoms with Gasteiger partial charge >= 0.3 is 0 Å². The fourth-order valence-corrected chi connectivity index (χ4v) is 2.49. The molecule has 0 fully saturated rings. The van der Waals surface area contributed by atoms with Crippen LogP contribution in [0.15, 0.2) is 55.0 Å². The van der Waals surface area contributed by atoms with E-state index in [0.717, 1.165) is 24.8 Å². The van der Waals surface area contributed by atoms with Crippen molar-refractivity contribution < 1.29 is 9.53 Å². The number of hydrogen-bond acceptors (Lipinski definition) is 4. The van der Waals surface area contributed by atoms with Crippen molar-refractivity contribution in [3.8, 4) is 5.75 Å². The van der Waals surface area contributed by atoms with E-state index < -0.39 is 0 Å². The molecule has 0 aliphatic heterocycles. The molecule has 0 unspecified atom stereocenters. The Hall–Kier alpha value is -2.69. The van der Waals surface area contributed by atoms with Crippen molar-refractivity contribution in [2.24, 2.45) is 5.92 Å². The summed E-state index contributed by atoms with van der Waals surface area (Å²) in [5.41, 5.74) is 1.01. The molecular formula is C18H19N3O2. The van der Waals surface area contributed by atoms with E-state index in [-0.39, 0.29) is 11.8 Å². The van der Waals surface area contributed by atoms with Gasteiger partial charge in [-0.25, -0.2) is 4.98 Å². The van der Waals surface area contributed by atoms with E-state index in [9.17, 15) is 4.79 Å². The fourth-order valence-electron chi connectivity index (χ4n) is 2.49. The number of rotatable bonds is 5. The molecule has 1 aliphatic rings. The predicted molar refractivity (Wildman–Crippen MR) is 87.9 cm³/mol. The maximum absolute atomic E-state index is 12.3. The van der Waals surface area contributed by atoms with E-state index in [4.69, 9.17) is 4.74 Å². The van der Waals surface area contributed by atoms with Crippen LogP contribution < -0.4 is 10.1 Å². The summed E-state index contributed by atoms with van der Waals surface area (Å²) in [6.45, 7) is 0.406. The number of amides is 1. The molecule has 0 saturated heterocycles. The lowest BCUT2D eigenvalue weighted by atomic mass is 9.94. The maximum Gasteiger partial charge on any atom is 0.229 e. The molecule has 5 heteroatoms. The lowest BCUT2D eigenvalue weighted by molar-refractivity contribution is -0.120. The first-order valence-corrected chi connectivity index (χ1v) is 7.75. The van der Waals surface area contributed by atoms with Crippen LogP contribution in [0.4, 0.5) is 5.82 Å². The number of carbonyl (C=O) groups is 1. The number of hydrogen-bond donors (Lipinski definition) is 1. The van der Waals surface area contributed by atoms with Gasteiger partial charge in [0.25, 0.3) is 0 Å². The Labute approximate surface area is 135 Å². The van der Waals surface area contributed by atoms with Crippen molar-refractivity contribution >= 4 is 11.7 Å². The van der Waals surface area contributed by atoms with Gasteiger partial charge in [0.2, 0.25) is 5.91 Å². The number of aromatic nitrogens is 2. The van der Waals surface area contributed by atoms with E-state index in [1.165, 1.54) is 0 Å². The molecule has 23 heavy (non-hydrogen) atoms. The molecule has 0 radical (unpaired) electrons. The molecule has 0 aromatic carbocycles. The molecular weight excluding hydrogens is 290 g/mol. The molecule has 1 N–H and O–H groups in total. The van der Waals surface area contributed by atoms with Crippen LogP contribution in [0.2, 0.25) is 0 Å². The molecule has 2 aromatic heterocycles. The second kappa shape index (κ2) is 7.54. The Kier molecular flexibility index (Phi) is 4.99. The van der Waals surface area contributed by atoms with Gasteiger partial charge in [0.05, 0.1) is 0 Å². The van der Waals surface area contributed by atoms with Gasteiger partial charge in [0.15, 0.2) is 11.6 Å². The summed E-state index contributed by atoms with van der Waals surface area (Å²) in [5, 5.41) is 2.90. The number of anilines is 1. The molecule has 1 aliphatic carbocycles. The minimum absolute atomic E-state index is 0.00168. The summed E-state index contributed by atoms with van der Waals surface area (Å²) in [6, 6.07) is 7.39. The zero-order valence-corrected chi connectivity index (χ0v) is 12.8. The Morgan fingerprint density at radius 3 is 2.87 bits per heavy atom. The van der Waals surface area contributed by atoms with Crippen molar-refractivity contribution in [1.29, 1.82) is 0 Å². The molecule has 3 rings (SSSR count). The third-order valence-electron chi connectivity index (χ3n) is 3.80. The zero-order valence-electron chi connectivity index (χ0n) is 12.8. The van der Waals surface area contributed by atoms with Crippen LogP contribution in [-0.2, 0) is 11.4 Å². The number of nitrogens with one attached hydrogen (secondary N) is 1. The van der Waals surface area contributed by atoms with Gasteiger partial charge in [-0.3, -0.25) is 9.78 Å². The quantitative estimate of drug-likeness (QED) is 0.860. The van der Waals surface area contributed by atoms with Gasteiger partial charge in [-0.2, -0.15) is 0 Å². The fraction of sp³-hybridized carbons (Fsp3) is 0.278. The molecule has 0 saturated carbocycles. The molecule has 1 atom stereocenters. The van der Waals surface area contributed by atoms with E-state index in [1.54, 1.807) is 24.7 Å². The lowest BCUT2D eigenvalue weighted by Crippen LogP contribution is -2.24. The molecule has 2 aromatic rings. The number of carbonyl (C=O) groups excluding carboxylic acids is 1. The minimum atomic E-state index is 0.00168. The average molecular weight is 309 g/mol. The van der Waals surface area contributed by atoms with Crippen LogP contribution in [0, 0.1) is 5.92 Å². The van der Waals surface area contributed by atoms with Crippen molar-refractivity contribution in [2.45, 2.75) is 25.9 Å². The Bertz CT molecular complexity index is 686. The number of ether oxygens (including phenoxy) is 1. The highest BCUT2D eigenvalue weighted by Crippen LogP contribution is 2.25. The normalized spacial score (nSPS) is 16.8. The molecule has 0 bridgehead atoms. The van der Waals surface area contributed by atoms with Gasteiger partial charge in [0, 0.05) is 24.5 Å². The monoisotopic (exact) mass is 309 g/mol. The van der Waals surface area contributed by atoms with Crippen LogP contribution in [-0.4, -0.2) is 15.9 Å². The van der Waals surface area contributed by atoms with Crippen molar-refractivity contribution in [1.82, 2.24) is 9.97 Å². The summed E-state index contributed by atoms with van der Waals surface area (Å²) in [4.78, 5) is 20.6. The molecule has 0 spiro atoms. The molecule has 1 amide bonds. The van der Waals surface area contributed by atoms with E-state index in [2.05, 4.69) is 27.4 Å². The first-order chi connectivity index (χ1) is 11.3. The SMILES string of the molecule is O=C(Nc1ncccc1OCc1ccncc1)[C@H]1CC=CCC1. The Morgan fingerprint density at radius 1 is 1.22 bits per heavy atom. The van der Waals surface area contributed by atoms with Gasteiger partial charge in [-0.1, -0.05) is 12.2 Å². The summed E-state index contributed by atoms with van der Waals surface area (Å²) in [7, 11) is 0. The molecule has 2 heterocycles. The minimum Gasteiger partial charge on any atom is -0.485 e. The second-order valence-electron chi connectivity index (χ2n) is 5.46. The maximum atomic E-state index is 12.3. The van der Waals surface area contributed by atoms with Gasteiger partial charge in [-0.05, 0) is 49.1 Å². The van der Waals surface area contributed by atoms with E-state index in [1.807, 2.05) is 18.2 Å². The standard InChI is InChI=1S/C18H19N3O2/c22-18(15-5-2-1-3-6-15)21-17-16(7-4-10-20-17)23-13-14-8-11-19-12-9-14/h1-2,4,7-12,15H,3,5-6,13H2,(H,20,21,22)/t15-/m0/s1. The molecule has 118 valence electrons. The molecule has 5 nitrogen and oxygen atoms in total. The highest BCUT2D eigenvalue weighted by molar-refractivity contribution is 5.93. The van der Waals surface area contributed by atoms with E-state index >= 15 is 0 Å². The van der Waals surface area contributed by atoms with Crippen LogP contribution in [0.3, 0.4) is 0 Å². The van der Waals surface area contributed by atoms with E-state index in [0.29, 0.717) is 18.2 Å². The number of pyridine rings is 2. The largest absolute Gasteiger partial charge is 0.485 e. The summed E-state index contributed by atoms with van der Waals surface area (Å²) < 4.78 is 5.79. The Balaban J connectivity index is 1.65. The van der Waals surface area contributed by atoms with Crippen molar-refractivity contribution in [3.05, 3.63) is 60.6 Å². The predicted octanol–water partition coefficient (Wildman–Crippen LogP) is 3.35. The van der Waals surface area contributed by atoms with Crippen LogP contribution >= 0.6 is 0 Å². The van der Waals surface area contributed by atoms with Gasteiger partial charge in [-0.15, -0.1) is 0 Å². The van der Waals surface area contributed by atoms with Crippen molar-refractivity contribution in [3.63, 3.8) is 0 Å². The first kappa shape index (κ1) is 15.2. The van der Waals surface area contributed by atoms with Gasteiger partial charge in [0.1, 0.15) is 6.61 Å². The first-order valence-electron chi connectivity index (χ1n) is 7.75. The second-order valence-corrected chi connectivity index (χ2v) is 5.46. The third-order valence-corrected chi connectivity index (χ3v) is 3.80. The summed E-state index contributed by atoms with van der Waals surface area (Å²) >= 11 is 0. The number of nitrogens with zero attached hydrogens (tertiary/aromatic N) is 2. The number of allylic oxidation sites excluding steroid dienone is 2. The van der Waals surface area contributed by atoms with Crippen LogP contribution in [0.1, 0.15) is 24.8 Å². The lowest BCUT2D eigenvalue weighted by Gasteiger charge is -2.18. The van der Waals surface area contributed by atoms with Gasteiger partial charge < -0.3 is 10.1 Å². The van der Waals surface area contributed by atoms with Crippen molar-refractivity contribution in [2.75, 3.05) is 5.32 Å². The Morgan fingerprint density at radius 2 is 2.09 bits per heavy atom. The highest BCUT2D eigenvalue weighted by atomic mass is 16.5. The smallest absolute Gasteiger partial charge is 0.229 e. The summed E-state index contributed by atoms with van der Waals surface area (Å²) in [5.74, 6) is 1.06. The highest BCUT2D eigenvalue weighted by Gasteiger charge is 2.20. The third kappa shape index (κ3) is 4.16. The topological polar surface area (TPSA) is 64.1 Å².